The summed E-state index contributed by atoms with van der Waals surface area (Å²) < 4.78 is 0. The Morgan fingerprint density at radius 1 is 2.00 bits per heavy atom. The van der Waals surface area contributed by atoms with Crippen LogP contribution < -0.4 is 5.73 Å². The van der Waals surface area contributed by atoms with Gasteiger partial charge >= 0.3 is 0 Å². The normalized spacial score (nSPS) is 4.00. The molecule has 2 heteroatoms. The van der Waals surface area contributed by atoms with Gasteiger partial charge in [-0.05, 0) is 17.2 Å². The summed E-state index contributed by atoms with van der Waals surface area (Å²) >= 11 is 4.12. The highest BCUT2D eigenvalue weighted by molar-refractivity contribution is 7.78. The Hall–Kier alpha value is -0.330. The van der Waals surface area contributed by atoms with Gasteiger partial charge in [0.2, 0.25) is 0 Å². The average molecular weight is 73.1 g/mol. The zero-order chi connectivity index (χ0) is 3.41. The van der Waals surface area contributed by atoms with Crippen molar-refractivity contribution < 1.29 is 0 Å². The monoisotopic (exact) mass is 73.0 g/mol. The van der Waals surface area contributed by atoms with Gasteiger partial charge in [-0.1, -0.05) is 0 Å². The molecule has 0 amide bonds. The second kappa shape index (κ2) is 2.67. The third-order valence-electron chi connectivity index (χ3n) is 0.0680. The number of thiocarbonyl (C=S) groups is 1. The third kappa shape index (κ3) is 1.67. The predicted molar refractivity (Wildman–Crippen MR) is 21.4 cm³/mol. The second-order valence-corrected chi connectivity index (χ2v) is 0.520. The third-order valence-corrected chi connectivity index (χ3v) is 0.204. The molecule has 22 valence electrons. The van der Waals surface area contributed by atoms with E-state index in [0.717, 1.165) is 0 Å². The summed E-state index contributed by atoms with van der Waals surface area (Å²) in [6, 6.07) is 0. The van der Waals surface area contributed by atoms with E-state index in [1.54, 1.807) is 0 Å². The van der Waals surface area contributed by atoms with E-state index in [9.17, 15) is 0 Å². The first kappa shape index (κ1) is 3.67. The summed E-state index contributed by atoms with van der Waals surface area (Å²) in [5, 5.41) is 2.17. The van der Waals surface area contributed by atoms with Crippen molar-refractivity contribution >= 4 is 17.2 Å². The van der Waals surface area contributed by atoms with E-state index in [4.69, 9.17) is 0 Å². The molecule has 0 bridgehead atoms. The lowest BCUT2D eigenvalue weighted by Crippen LogP contribution is -1.71. The lowest BCUT2D eigenvalue weighted by Gasteiger charge is -1.42. The highest BCUT2D eigenvalue weighted by Gasteiger charge is 1.24. The van der Waals surface area contributed by atoms with E-state index in [0.29, 0.717) is 0 Å². The quantitative estimate of drug-likeness (QED) is 0.410. The Morgan fingerprint density at radius 3 is 2.25 bits per heavy atom. The van der Waals surface area contributed by atoms with Gasteiger partial charge in [-0.25, -0.2) is 0 Å². The van der Waals surface area contributed by atoms with Crippen molar-refractivity contribution in [1.82, 2.24) is 0 Å². The summed E-state index contributed by atoms with van der Waals surface area (Å²) in [6.45, 7) is 0. The summed E-state index contributed by atoms with van der Waals surface area (Å²) in [6.07, 6.45) is 1.19. The lowest BCUT2D eigenvalue weighted by molar-refractivity contribution is 1.67. The Morgan fingerprint density at radius 2 is 2.25 bits per heavy atom. The molecule has 1 nitrogen and oxygen atoms in total. The summed E-state index contributed by atoms with van der Waals surface area (Å²) in [4.78, 5) is 0. The molecule has 0 rings (SSSR count). The van der Waals surface area contributed by atoms with Crippen LogP contribution in [0.3, 0.4) is 0 Å². The first-order valence-corrected chi connectivity index (χ1v) is 1.23. The Balaban J connectivity index is 3.11. The van der Waals surface area contributed by atoms with Crippen molar-refractivity contribution in [2.75, 3.05) is 0 Å². The van der Waals surface area contributed by atoms with Crippen molar-refractivity contribution in [1.29, 1.82) is 0 Å². The lowest BCUT2D eigenvalue weighted by atomic mass is 11.1. The summed E-state index contributed by atoms with van der Waals surface area (Å²) in [7, 11) is 0. The predicted octanol–water partition coefficient (Wildman–Crippen LogP) is 0.0574. The highest BCUT2D eigenvalue weighted by Crippen LogP contribution is 1.27. The minimum atomic E-state index is 1.19. The maximum Gasteiger partial charge on any atom is 0.0488 e. The van der Waals surface area contributed by atoms with Gasteiger partial charge in [-0.2, -0.15) is 0 Å². The van der Waals surface area contributed by atoms with Crippen LogP contribution in [0.2, 0.25) is 0 Å². The number of hydrogen-bond donors (Lipinski definition) is 1. The second-order valence-electron chi connectivity index (χ2n) is 0.285. The molecule has 0 saturated carbocycles. The maximum absolute atomic E-state index is 4.69. The first-order chi connectivity index (χ1) is 1.91. The molecule has 0 aliphatic carbocycles. The highest BCUT2D eigenvalue weighted by atomic mass is 32.1. The minimum Gasteiger partial charge on any atom is -0.398 e. The van der Waals surface area contributed by atoms with Gasteiger partial charge in [0.15, 0.2) is 0 Å². The van der Waals surface area contributed by atoms with Crippen LogP contribution in [0.15, 0.2) is 6.20 Å². The van der Waals surface area contributed by atoms with E-state index in [-0.39, 0.29) is 0 Å². The molecule has 0 aromatic heterocycles. The number of nitrogens with two attached hydrogens (primary N) is 1. The fourth-order valence-electron chi connectivity index (χ4n) is 0. The van der Waals surface area contributed by atoms with Gasteiger partial charge in [0.05, 0.1) is 0 Å². The first-order valence-electron chi connectivity index (χ1n) is 0.826. The van der Waals surface area contributed by atoms with Crippen LogP contribution in [0.25, 0.3) is 0 Å². The topological polar surface area (TPSA) is 26.0 Å². The van der Waals surface area contributed by atoms with Crippen molar-refractivity contribution in [2.24, 2.45) is 5.73 Å². The molecule has 0 aromatic rings. The van der Waals surface area contributed by atoms with Crippen LogP contribution in [0, 0.1) is 0 Å². The van der Waals surface area contributed by atoms with Gasteiger partial charge in [0.25, 0.3) is 0 Å². The van der Waals surface area contributed by atoms with Crippen molar-refractivity contribution in [3.8, 4) is 0 Å². The largest absolute Gasteiger partial charge is 0.398 e. The number of hydrogen-bond acceptors (Lipinski definition) is 2. The van der Waals surface area contributed by atoms with Crippen LogP contribution in [-0.2, 0) is 0 Å². The van der Waals surface area contributed by atoms with Gasteiger partial charge < -0.3 is 5.73 Å². The molecular weight excluding hydrogens is 70.1 g/mol. The SMILES string of the molecule is NC=C=S. The maximum atomic E-state index is 4.69. The van der Waals surface area contributed by atoms with Gasteiger partial charge in [-0.3, -0.25) is 0 Å². The fraction of sp³-hybridized carbons (Fsp3) is 0. The van der Waals surface area contributed by atoms with E-state index < -0.39 is 0 Å². The Bertz CT molecular complexity index is 44.0. The molecule has 0 saturated heterocycles. The van der Waals surface area contributed by atoms with Crippen LogP contribution in [0.5, 0.6) is 0 Å². The molecule has 2 N–H and O–H groups in total. The molecule has 0 atom stereocenters. The molecule has 0 heterocycles. The van der Waals surface area contributed by atoms with E-state index in [1.807, 2.05) is 0 Å². The summed E-state index contributed by atoms with van der Waals surface area (Å²) in [5.74, 6) is 0. The molecular formula is C2H3NS. The molecule has 0 aliphatic rings. The van der Waals surface area contributed by atoms with Crippen molar-refractivity contribution in [2.45, 2.75) is 0 Å². The van der Waals surface area contributed by atoms with E-state index >= 15 is 0 Å². The molecule has 4 heavy (non-hydrogen) atoms. The molecule has 0 spiro atoms. The van der Waals surface area contributed by atoms with Crippen LogP contribution >= 0.6 is 12.2 Å². The van der Waals surface area contributed by atoms with Crippen LogP contribution in [0.1, 0.15) is 0 Å². The smallest absolute Gasteiger partial charge is 0.0488 e. The van der Waals surface area contributed by atoms with Crippen molar-refractivity contribution in [3.05, 3.63) is 6.20 Å². The fourth-order valence-corrected chi connectivity index (χ4v) is 0. The number of rotatable bonds is 0. The molecule has 0 radical (unpaired) electrons. The molecule has 0 unspecified atom stereocenters. The van der Waals surface area contributed by atoms with Gasteiger partial charge in [0.1, 0.15) is 0 Å². The average Bonchev–Trinajstić information content (AvgIpc) is 1.37. The zero-order valence-electron chi connectivity index (χ0n) is 2.06. The Kier molecular flexibility index (Phi) is 2.45. The van der Waals surface area contributed by atoms with Gasteiger partial charge in [-0.15, -0.1) is 0 Å². The summed E-state index contributed by atoms with van der Waals surface area (Å²) in [5.41, 5.74) is 4.69. The van der Waals surface area contributed by atoms with E-state index in [1.165, 1.54) is 6.20 Å². The molecule has 0 aliphatic heterocycles. The Labute approximate surface area is 30.1 Å². The standard InChI is InChI=1S/C2H3NS/c3-1-2-4/h1H,3H2. The van der Waals surface area contributed by atoms with Gasteiger partial charge in [0, 0.05) is 6.20 Å². The molecule has 0 fully saturated rings. The minimum absolute atomic E-state index is 1.19. The van der Waals surface area contributed by atoms with Crippen molar-refractivity contribution in [3.63, 3.8) is 0 Å². The zero-order valence-corrected chi connectivity index (χ0v) is 2.88. The van der Waals surface area contributed by atoms with E-state index in [2.05, 4.69) is 23.0 Å². The van der Waals surface area contributed by atoms with Crippen LogP contribution in [0.4, 0.5) is 0 Å². The molecule has 0 aromatic carbocycles. The van der Waals surface area contributed by atoms with Crippen LogP contribution in [-0.4, -0.2) is 5.02 Å².